The van der Waals surface area contributed by atoms with E-state index >= 15 is 0 Å². The molecule has 0 radical (unpaired) electrons. The van der Waals surface area contributed by atoms with E-state index in [1.54, 1.807) is 11.3 Å². The molecule has 1 heterocycles. The lowest BCUT2D eigenvalue weighted by Gasteiger charge is -2.25. The summed E-state index contributed by atoms with van der Waals surface area (Å²) in [5.74, 6) is -0.148. The predicted octanol–water partition coefficient (Wildman–Crippen LogP) is 1.94. The number of amides is 1. The molecule has 1 aromatic rings. The summed E-state index contributed by atoms with van der Waals surface area (Å²) in [5, 5.41) is 3.52. The van der Waals surface area contributed by atoms with E-state index in [0.29, 0.717) is 5.13 Å². The molecule has 2 rings (SSSR count). The monoisotopic (exact) mass is 253 g/mol. The van der Waals surface area contributed by atoms with E-state index in [0.717, 1.165) is 18.5 Å². The average Bonchev–Trinajstić information content (AvgIpc) is 2.74. The second-order valence-corrected chi connectivity index (χ2v) is 6.66. The van der Waals surface area contributed by atoms with E-state index in [2.05, 4.69) is 10.3 Å². The van der Waals surface area contributed by atoms with Crippen LogP contribution in [0, 0.1) is 5.41 Å². The summed E-state index contributed by atoms with van der Waals surface area (Å²) in [6, 6.07) is -0.513. The quantitative estimate of drug-likeness (QED) is 0.846. The maximum absolute atomic E-state index is 11.9. The van der Waals surface area contributed by atoms with E-state index in [1.807, 2.05) is 20.8 Å². The highest BCUT2D eigenvalue weighted by Gasteiger charge is 2.28. The molecule has 0 aliphatic heterocycles. The molecular weight excluding hydrogens is 234 g/mol. The molecule has 1 aliphatic rings. The summed E-state index contributed by atoms with van der Waals surface area (Å²) in [4.78, 5) is 17.7. The van der Waals surface area contributed by atoms with Gasteiger partial charge < -0.3 is 11.1 Å². The molecule has 1 unspecified atom stereocenters. The van der Waals surface area contributed by atoms with Crippen LogP contribution in [-0.4, -0.2) is 16.9 Å². The fourth-order valence-corrected chi connectivity index (χ4v) is 2.87. The molecule has 0 saturated heterocycles. The van der Waals surface area contributed by atoms with Gasteiger partial charge in [-0.2, -0.15) is 0 Å². The molecule has 3 N–H and O–H groups in total. The molecule has 17 heavy (non-hydrogen) atoms. The highest BCUT2D eigenvalue weighted by atomic mass is 32.1. The Bertz CT molecular complexity index is 412. The van der Waals surface area contributed by atoms with Crippen molar-refractivity contribution < 1.29 is 4.79 Å². The first-order valence-corrected chi connectivity index (χ1v) is 6.74. The van der Waals surface area contributed by atoms with Crippen LogP contribution in [0.4, 0.5) is 5.13 Å². The second-order valence-electron chi connectivity index (χ2n) is 5.58. The topological polar surface area (TPSA) is 68.0 Å². The number of anilines is 1. The van der Waals surface area contributed by atoms with Crippen molar-refractivity contribution in [2.45, 2.75) is 46.1 Å². The maximum atomic E-state index is 11.9. The van der Waals surface area contributed by atoms with E-state index in [4.69, 9.17) is 5.73 Å². The fourth-order valence-electron chi connectivity index (χ4n) is 1.82. The van der Waals surface area contributed by atoms with Crippen molar-refractivity contribution in [1.29, 1.82) is 0 Å². The third kappa shape index (κ3) is 2.66. The molecule has 0 saturated carbocycles. The predicted molar refractivity (Wildman–Crippen MR) is 70.2 cm³/mol. The average molecular weight is 253 g/mol. The van der Waals surface area contributed by atoms with Crippen molar-refractivity contribution in [2.24, 2.45) is 11.1 Å². The highest BCUT2D eigenvalue weighted by molar-refractivity contribution is 7.15. The third-order valence-corrected chi connectivity index (χ3v) is 4.11. The standard InChI is InChI=1S/C12H19N3OS/c1-12(2,3)9(13)10(16)15-11-14-7-5-4-6-8(7)17-11/h9H,4-6,13H2,1-3H3,(H,14,15,16). The smallest absolute Gasteiger partial charge is 0.243 e. The summed E-state index contributed by atoms with van der Waals surface area (Å²) in [6.45, 7) is 5.87. The van der Waals surface area contributed by atoms with Gasteiger partial charge in [-0.05, 0) is 24.7 Å². The number of rotatable bonds is 2. The Labute approximate surface area is 106 Å². The summed E-state index contributed by atoms with van der Waals surface area (Å²) in [7, 11) is 0. The Balaban J connectivity index is 2.03. The number of fused-ring (bicyclic) bond motifs is 1. The van der Waals surface area contributed by atoms with Crippen molar-refractivity contribution in [3.05, 3.63) is 10.6 Å². The van der Waals surface area contributed by atoms with Gasteiger partial charge in [0.15, 0.2) is 5.13 Å². The molecular formula is C12H19N3OS. The number of nitrogens with two attached hydrogens (primary N) is 1. The van der Waals surface area contributed by atoms with Crippen LogP contribution in [0.5, 0.6) is 0 Å². The highest BCUT2D eigenvalue weighted by Crippen LogP contribution is 2.30. The van der Waals surface area contributed by atoms with Crippen molar-refractivity contribution in [3.63, 3.8) is 0 Å². The Morgan fingerprint density at radius 1 is 1.47 bits per heavy atom. The van der Waals surface area contributed by atoms with Crippen LogP contribution in [0.1, 0.15) is 37.8 Å². The minimum Gasteiger partial charge on any atom is -0.319 e. The lowest BCUT2D eigenvalue weighted by molar-refractivity contribution is -0.119. The van der Waals surface area contributed by atoms with Gasteiger partial charge in [-0.25, -0.2) is 4.98 Å². The Kier molecular flexibility index (Phi) is 3.23. The minimum atomic E-state index is -0.513. The molecule has 1 atom stereocenters. The first-order valence-electron chi connectivity index (χ1n) is 5.93. The normalized spacial score (nSPS) is 16.7. The van der Waals surface area contributed by atoms with Crippen molar-refractivity contribution in [2.75, 3.05) is 5.32 Å². The SMILES string of the molecule is CC(C)(C)C(N)C(=O)Nc1nc2c(s1)CCC2. The fraction of sp³-hybridized carbons (Fsp3) is 0.667. The number of hydrogen-bond donors (Lipinski definition) is 2. The largest absolute Gasteiger partial charge is 0.319 e. The number of aromatic nitrogens is 1. The van der Waals surface area contributed by atoms with Crippen LogP contribution in [0.2, 0.25) is 0 Å². The Morgan fingerprint density at radius 2 is 2.18 bits per heavy atom. The third-order valence-electron chi connectivity index (χ3n) is 3.04. The van der Waals surface area contributed by atoms with Crippen molar-refractivity contribution in [3.8, 4) is 0 Å². The molecule has 94 valence electrons. The van der Waals surface area contributed by atoms with E-state index in [9.17, 15) is 4.79 Å². The van der Waals surface area contributed by atoms with Gasteiger partial charge in [-0.1, -0.05) is 20.8 Å². The van der Waals surface area contributed by atoms with Crippen LogP contribution in [0.3, 0.4) is 0 Å². The number of hydrogen-bond acceptors (Lipinski definition) is 4. The number of nitrogens with zero attached hydrogens (tertiary/aromatic N) is 1. The number of nitrogens with one attached hydrogen (secondary N) is 1. The first-order chi connectivity index (χ1) is 7.88. The Morgan fingerprint density at radius 3 is 2.76 bits per heavy atom. The zero-order chi connectivity index (χ0) is 12.6. The summed E-state index contributed by atoms with van der Waals surface area (Å²) in [6.07, 6.45) is 3.31. The van der Waals surface area contributed by atoms with Crippen molar-refractivity contribution in [1.82, 2.24) is 4.98 Å². The molecule has 5 heteroatoms. The number of aryl methyl sites for hydroxylation is 2. The molecule has 1 amide bonds. The lowest BCUT2D eigenvalue weighted by atomic mass is 9.87. The second kappa shape index (κ2) is 4.38. The van der Waals surface area contributed by atoms with Crippen LogP contribution in [-0.2, 0) is 17.6 Å². The molecule has 1 aliphatic carbocycles. The molecule has 1 aromatic heterocycles. The summed E-state index contributed by atoms with van der Waals surface area (Å²) >= 11 is 1.58. The summed E-state index contributed by atoms with van der Waals surface area (Å²) < 4.78 is 0. The van der Waals surface area contributed by atoms with E-state index in [-0.39, 0.29) is 11.3 Å². The van der Waals surface area contributed by atoms with E-state index in [1.165, 1.54) is 11.3 Å². The van der Waals surface area contributed by atoms with Gasteiger partial charge in [-0.3, -0.25) is 4.79 Å². The van der Waals surface area contributed by atoms with Crippen LogP contribution in [0.15, 0.2) is 0 Å². The van der Waals surface area contributed by atoms with Crippen LogP contribution < -0.4 is 11.1 Å². The maximum Gasteiger partial charge on any atom is 0.243 e. The number of carbonyl (C=O) groups is 1. The van der Waals surface area contributed by atoms with Gasteiger partial charge in [0.25, 0.3) is 0 Å². The lowest BCUT2D eigenvalue weighted by Crippen LogP contribution is -2.45. The first kappa shape index (κ1) is 12.5. The molecule has 0 aromatic carbocycles. The minimum absolute atomic E-state index is 0.148. The molecule has 0 bridgehead atoms. The van der Waals surface area contributed by atoms with E-state index < -0.39 is 6.04 Å². The zero-order valence-electron chi connectivity index (χ0n) is 10.5. The summed E-state index contributed by atoms with van der Waals surface area (Å²) in [5.41, 5.74) is 6.81. The van der Waals surface area contributed by atoms with Crippen molar-refractivity contribution >= 4 is 22.4 Å². The van der Waals surface area contributed by atoms with Gasteiger partial charge in [-0.15, -0.1) is 11.3 Å². The van der Waals surface area contributed by atoms with Gasteiger partial charge in [0.1, 0.15) is 0 Å². The van der Waals surface area contributed by atoms with Crippen LogP contribution >= 0.6 is 11.3 Å². The van der Waals surface area contributed by atoms with Gasteiger partial charge in [0, 0.05) is 4.88 Å². The van der Waals surface area contributed by atoms with Gasteiger partial charge in [0.2, 0.25) is 5.91 Å². The molecule has 0 spiro atoms. The zero-order valence-corrected chi connectivity index (χ0v) is 11.4. The van der Waals surface area contributed by atoms with Crippen LogP contribution in [0.25, 0.3) is 0 Å². The van der Waals surface area contributed by atoms with Gasteiger partial charge in [0.05, 0.1) is 11.7 Å². The number of thiazole rings is 1. The molecule has 4 nitrogen and oxygen atoms in total. The number of carbonyl (C=O) groups excluding carboxylic acids is 1. The molecule has 0 fully saturated rings. The van der Waals surface area contributed by atoms with Gasteiger partial charge >= 0.3 is 0 Å². The Hall–Kier alpha value is -0.940.